The Kier molecular flexibility index (Phi) is 4.55. The van der Waals surface area contributed by atoms with Crippen molar-refractivity contribution < 1.29 is 19.4 Å². The van der Waals surface area contributed by atoms with Crippen molar-refractivity contribution in [2.75, 3.05) is 26.1 Å². The molecule has 18 heavy (non-hydrogen) atoms. The minimum absolute atomic E-state index is 0.0564. The summed E-state index contributed by atoms with van der Waals surface area (Å²) in [5.41, 5.74) is 5.45. The van der Waals surface area contributed by atoms with Crippen LogP contribution < -0.4 is 5.73 Å². The molecule has 0 amide bonds. The second kappa shape index (κ2) is 5.73. The first-order valence-electron chi connectivity index (χ1n) is 5.70. The highest BCUT2D eigenvalue weighted by Gasteiger charge is 2.37. The molecule has 0 aliphatic rings. The monoisotopic (exact) mass is 253 g/mol. The van der Waals surface area contributed by atoms with Gasteiger partial charge in [-0.1, -0.05) is 6.07 Å². The highest BCUT2D eigenvalue weighted by molar-refractivity contribution is 5.83. The van der Waals surface area contributed by atoms with E-state index in [9.17, 15) is 9.90 Å². The molecule has 1 aromatic carbocycles. The van der Waals surface area contributed by atoms with E-state index < -0.39 is 11.4 Å². The van der Waals surface area contributed by atoms with Gasteiger partial charge in [-0.3, -0.25) is 4.79 Å². The second-order valence-electron chi connectivity index (χ2n) is 4.26. The van der Waals surface area contributed by atoms with Crippen LogP contribution in [0.3, 0.4) is 0 Å². The van der Waals surface area contributed by atoms with Gasteiger partial charge in [0.05, 0.1) is 18.9 Å². The standard InChI is InChI=1S/C13H19NO4/c1-4-18-12(16)13(2,8-17-3)9-5-6-10(14)11(15)7-9/h5-7,15H,4,8,14H2,1-3H3. The zero-order chi connectivity index (χ0) is 13.8. The number of hydrogen-bond donors (Lipinski definition) is 2. The molecule has 1 atom stereocenters. The Hall–Kier alpha value is -1.75. The van der Waals surface area contributed by atoms with Crippen molar-refractivity contribution >= 4 is 11.7 Å². The van der Waals surface area contributed by atoms with E-state index in [-0.39, 0.29) is 18.0 Å². The lowest BCUT2D eigenvalue weighted by atomic mass is 9.83. The van der Waals surface area contributed by atoms with Gasteiger partial charge in [0.1, 0.15) is 11.2 Å². The van der Waals surface area contributed by atoms with Gasteiger partial charge in [0.15, 0.2) is 0 Å². The number of nitrogens with two attached hydrogens (primary N) is 1. The minimum atomic E-state index is -0.962. The summed E-state index contributed by atoms with van der Waals surface area (Å²) in [7, 11) is 1.51. The fourth-order valence-electron chi connectivity index (χ4n) is 1.73. The molecule has 0 aromatic heterocycles. The predicted octanol–water partition coefficient (Wildman–Crippen LogP) is 1.44. The summed E-state index contributed by atoms with van der Waals surface area (Å²) in [4.78, 5) is 12.0. The fourth-order valence-corrected chi connectivity index (χ4v) is 1.73. The third-order valence-corrected chi connectivity index (χ3v) is 2.83. The van der Waals surface area contributed by atoms with E-state index >= 15 is 0 Å². The van der Waals surface area contributed by atoms with E-state index in [1.807, 2.05) is 0 Å². The molecule has 0 heterocycles. The number of ether oxygens (including phenoxy) is 2. The van der Waals surface area contributed by atoms with Crippen molar-refractivity contribution in [2.45, 2.75) is 19.3 Å². The number of phenols is 1. The Morgan fingerprint density at radius 3 is 2.67 bits per heavy atom. The Labute approximate surface area is 107 Å². The van der Waals surface area contributed by atoms with Crippen molar-refractivity contribution in [3.05, 3.63) is 23.8 Å². The third-order valence-electron chi connectivity index (χ3n) is 2.83. The van der Waals surface area contributed by atoms with Crippen LogP contribution in [0.5, 0.6) is 5.75 Å². The number of esters is 1. The van der Waals surface area contributed by atoms with Crippen LogP contribution in [0.2, 0.25) is 0 Å². The van der Waals surface area contributed by atoms with Gasteiger partial charge in [-0.25, -0.2) is 0 Å². The molecule has 1 unspecified atom stereocenters. The predicted molar refractivity (Wildman–Crippen MR) is 68.4 cm³/mol. The highest BCUT2D eigenvalue weighted by Crippen LogP contribution is 2.31. The van der Waals surface area contributed by atoms with Gasteiger partial charge in [0, 0.05) is 7.11 Å². The average molecular weight is 253 g/mol. The summed E-state index contributed by atoms with van der Waals surface area (Å²) in [5, 5.41) is 9.63. The first-order valence-corrected chi connectivity index (χ1v) is 5.70. The molecule has 5 nitrogen and oxygen atoms in total. The van der Waals surface area contributed by atoms with Crippen molar-refractivity contribution in [1.82, 2.24) is 0 Å². The van der Waals surface area contributed by atoms with Gasteiger partial charge in [-0.2, -0.15) is 0 Å². The summed E-state index contributed by atoms with van der Waals surface area (Å²) in [6.45, 7) is 3.90. The van der Waals surface area contributed by atoms with Crippen LogP contribution in [0.25, 0.3) is 0 Å². The summed E-state index contributed by atoms with van der Waals surface area (Å²) in [5.74, 6) is -0.449. The van der Waals surface area contributed by atoms with Crippen molar-refractivity contribution in [3.8, 4) is 5.75 Å². The summed E-state index contributed by atoms with van der Waals surface area (Å²) in [6.07, 6.45) is 0. The van der Waals surface area contributed by atoms with Crippen LogP contribution >= 0.6 is 0 Å². The van der Waals surface area contributed by atoms with Crippen LogP contribution in [-0.4, -0.2) is 31.4 Å². The molecule has 5 heteroatoms. The van der Waals surface area contributed by atoms with Gasteiger partial charge >= 0.3 is 5.97 Å². The van der Waals surface area contributed by atoms with Gasteiger partial charge in [-0.05, 0) is 31.5 Å². The maximum Gasteiger partial charge on any atom is 0.318 e. The highest BCUT2D eigenvalue weighted by atomic mass is 16.5. The number of hydrogen-bond acceptors (Lipinski definition) is 5. The lowest BCUT2D eigenvalue weighted by Gasteiger charge is -2.27. The van der Waals surface area contributed by atoms with E-state index in [1.54, 1.807) is 26.0 Å². The Bertz CT molecular complexity index is 433. The molecule has 0 saturated heterocycles. The number of methoxy groups -OCH3 is 1. The molecular formula is C13H19NO4. The maximum atomic E-state index is 12.0. The molecule has 0 fully saturated rings. The number of phenolic OH excluding ortho intramolecular Hbond substituents is 1. The van der Waals surface area contributed by atoms with Crippen molar-refractivity contribution in [1.29, 1.82) is 0 Å². The van der Waals surface area contributed by atoms with Gasteiger partial charge in [-0.15, -0.1) is 0 Å². The zero-order valence-corrected chi connectivity index (χ0v) is 10.9. The number of benzene rings is 1. The van der Waals surface area contributed by atoms with Crippen LogP contribution in [0, 0.1) is 0 Å². The maximum absolute atomic E-state index is 12.0. The molecular weight excluding hydrogens is 234 g/mol. The molecule has 0 bridgehead atoms. The van der Waals surface area contributed by atoms with Crippen LogP contribution in [0.1, 0.15) is 19.4 Å². The zero-order valence-electron chi connectivity index (χ0n) is 10.9. The Morgan fingerprint density at radius 1 is 1.50 bits per heavy atom. The number of aromatic hydroxyl groups is 1. The molecule has 1 rings (SSSR count). The molecule has 0 aliphatic carbocycles. The van der Waals surface area contributed by atoms with Crippen LogP contribution in [0.4, 0.5) is 5.69 Å². The van der Waals surface area contributed by atoms with Gasteiger partial charge < -0.3 is 20.3 Å². The summed E-state index contributed by atoms with van der Waals surface area (Å²) >= 11 is 0. The third kappa shape index (κ3) is 2.73. The largest absolute Gasteiger partial charge is 0.506 e. The summed E-state index contributed by atoms with van der Waals surface area (Å²) < 4.78 is 10.1. The van der Waals surface area contributed by atoms with Crippen molar-refractivity contribution in [3.63, 3.8) is 0 Å². The van der Waals surface area contributed by atoms with Crippen LogP contribution in [0.15, 0.2) is 18.2 Å². The first-order chi connectivity index (χ1) is 8.45. The first kappa shape index (κ1) is 14.3. The van der Waals surface area contributed by atoms with Gasteiger partial charge in [0.25, 0.3) is 0 Å². The molecule has 0 saturated carbocycles. The van der Waals surface area contributed by atoms with E-state index in [0.717, 1.165) is 0 Å². The molecule has 1 aromatic rings. The molecule has 0 radical (unpaired) electrons. The number of rotatable bonds is 5. The van der Waals surface area contributed by atoms with E-state index in [0.29, 0.717) is 12.2 Å². The Morgan fingerprint density at radius 2 is 2.17 bits per heavy atom. The topological polar surface area (TPSA) is 81.8 Å². The number of anilines is 1. The number of carbonyl (C=O) groups excluding carboxylic acids is 1. The lowest BCUT2D eigenvalue weighted by molar-refractivity contribution is -0.151. The molecule has 100 valence electrons. The molecule has 0 aliphatic heterocycles. The quantitative estimate of drug-likeness (QED) is 0.471. The van der Waals surface area contributed by atoms with Crippen LogP contribution in [-0.2, 0) is 19.7 Å². The van der Waals surface area contributed by atoms with Gasteiger partial charge in [0.2, 0.25) is 0 Å². The molecule has 3 N–H and O–H groups in total. The minimum Gasteiger partial charge on any atom is -0.506 e. The number of carbonyl (C=O) groups is 1. The molecule has 0 spiro atoms. The van der Waals surface area contributed by atoms with E-state index in [4.69, 9.17) is 15.2 Å². The smallest absolute Gasteiger partial charge is 0.318 e. The SMILES string of the molecule is CCOC(=O)C(C)(COC)c1ccc(N)c(O)c1. The fraction of sp³-hybridized carbons (Fsp3) is 0.462. The number of nitrogen functional groups attached to an aromatic ring is 1. The van der Waals surface area contributed by atoms with E-state index in [1.165, 1.54) is 13.2 Å². The second-order valence-corrected chi connectivity index (χ2v) is 4.26. The Balaban J connectivity index is 3.17. The normalized spacial score (nSPS) is 13.9. The summed E-state index contributed by atoms with van der Waals surface area (Å²) in [6, 6.07) is 4.70. The average Bonchev–Trinajstić information content (AvgIpc) is 2.33. The lowest BCUT2D eigenvalue weighted by Crippen LogP contribution is -2.38. The van der Waals surface area contributed by atoms with Crippen molar-refractivity contribution in [2.24, 2.45) is 0 Å². The van der Waals surface area contributed by atoms with E-state index in [2.05, 4.69) is 0 Å².